The third-order valence-corrected chi connectivity index (χ3v) is 8.07. The number of carbonyl (C=O) groups is 3. The van der Waals surface area contributed by atoms with Crippen LogP contribution in [0.4, 0.5) is 13.2 Å². The van der Waals surface area contributed by atoms with Crippen molar-refractivity contribution in [2.24, 2.45) is 17.6 Å². The number of rotatable bonds is 5. The highest BCUT2D eigenvalue weighted by Gasteiger charge is 2.64. The van der Waals surface area contributed by atoms with Crippen LogP contribution < -0.4 is 5.73 Å². The fourth-order valence-corrected chi connectivity index (χ4v) is 6.26. The number of Topliss-reactive ketones (excluding diaryl/α,β-unsaturated/α-hetero) is 2. The molecule has 0 aromatic heterocycles. The second-order valence-electron chi connectivity index (χ2n) is 10.6. The number of aliphatic hydroxyl groups is 3. The van der Waals surface area contributed by atoms with Gasteiger partial charge in [-0.15, -0.1) is 0 Å². The van der Waals surface area contributed by atoms with E-state index in [-0.39, 0.29) is 18.5 Å². The summed E-state index contributed by atoms with van der Waals surface area (Å²) in [4.78, 5) is 41.8. The Morgan fingerprint density at radius 3 is 2.31 bits per heavy atom. The van der Waals surface area contributed by atoms with Crippen molar-refractivity contribution in [3.05, 3.63) is 45.2 Å². The number of nitrogens with zero attached hydrogens (tertiary/aromatic N) is 2. The van der Waals surface area contributed by atoms with Gasteiger partial charge in [0.1, 0.15) is 22.8 Å². The van der Waals surface area contributed by atoms with Gasteiger partial charge in [-0.2, -0.15) is 13.2 Å². The molecule has 1 aromatic carbocycles. The summed E-state index contributed by atoms with van der Waals surface area (Å²) in [6.45, 7) is 2.02. The Morgan fingerprint density at radius 2 is 1.79 bits per heavy atom. The van der Waals surface area contributed by atoms with Crippen LogP contribution in [-0.4, -0.2) is 87.0 Å². The number of primary amides is 1. The number of likely N-dealkylation sites (N-methyl/N-ethyl adjacent to an activating group) is 1. The summed E-state index contributed by atoms with van der Waals surface area (Å²) >= 11 is 0. The molecule has 1 fully saturated rings. The molecule has 0 unspecified atom stereocenters. The fourth-order valence-electron chi connectivity index (χ4n) is 6.26. The summed E-state index contributed by atoms with van der Waals surface area (Å²) in [6, 6.07) is -0.442. The van der Waals surface area contributed by atoms with Gasteiger partial charge in [0, 0.05) is 18.0 Å². The van der Waals surface area contributed by atoms with Crippen LogP contribution in [0.15, 0.2) is 23.0 Å². The Balaban J connectivity index is 2.00. The number of carbonyl (C=O) groups excluding carboxylic acids is 3. The SMILES string of the molecule is CCN(C)Cc1cc(O)c2c(c1C(F)(F)F)C[C@H]1C[C@H]3[C@H](N(C)C)C(=O)C(C(N)=O)=C(O)[C@@]3(O)C(=O)C1=C2O. The first-order valence-corrected chi connectivity index (χ1v) is 12.3. The molecule has 4 atom stereocenters. The summed E-state index contributed by atoms with van der Waals surface area (Å²) in [5, 5.41) is 44.3. The minimum atomic E-state index is -4.87. The molecule has 39 heavy (non-hydrogen) atoms. The Hall–Kier alpha value is -3.42. The van der Waals surface area contributed by atoms with Crippen LogP contribution in [0.2, 0.25) is 0 Å². The zero-order valence-corrected chi connectivity index (χ0v) is 21.8. The minimum Gasteiger partial charge on any atom is -0.508 e. The van der Waals surface area contributed by atoms with Crippen molar-refractivity contribution in [2.75, 3.05) is 27.7 Å². The van der Waals surface area contributed by atoms with E-state index in [0.29, 0.717) is 6.54 Å². The molecule has 10 nitrogen and oxygen atoms in total. The molecule has 3 aliphatic rings. The third kappa shape index (κ3) is 4.10. The van der Waals surface area contributed by atoms with Crippen LogP contribution in [-0.2, 0) is 33.5 Å². The lowest BCUT2D eigenvalue weighted by Crippen LogP contribution is -2.65. The lowest BCUT2D eigenvalue weighted by Gasteiger charge is -2.50. The summed E-state index contributed by atoms with van der Waals surface area (Å²) in [6.07, 6.45) is -5.62. The molecule has 0 radical (unpaired) electrons. The third-order valence-electron chi connectivity index (χ3n) is 8.07. The van der Waals surface area contributed by atoms with E-state index in [9.17, 15) is 48.0 Å². The first-order valence-electron chi connectivity index (χ1n) is 12.3. The number of benzene rings is 1. The number of alkyl halides is 3. The van der Waals surface area contributed by atoms with Gasteiger partial charge < -0.3 is 31.1 Å². The average Bonchev–Trinajstić information content (AvgIpc) is 2.79. The minimum absolute atomic E-state index is 0.152. The summed E-state index contributed by atoms with van der Waals surface area (Å²) < 4.78 is 43.3. The highest BCUT2D eigenvalue weighted by atomic mass is 19.4. The van der Waals surface area contributed by atoms with Gasteiger partial charge in [0.2, 0.25) is 5.78 Å². The van der Waals surface area contributed by atoms with E-state index in [0.717, 1.165) is 6.07 Å². The van der Waals surface area contributed by atoms with Crippen LogP contribution in [0.25, 0.3) is 5.76 Å². The summed E-state index contributed by atoms with van der Waals surface area (Å²) in [5.74, 6) is -9.02. The van der Waals surface area contributed by atoms with Crippen LogP contribution in [0.3, 0.4) is 0 Å². The monoisotopic (exact) mass is 553 g/mol. The fraction of sp³-hybridized carbons (Fsp3) is 0.500. The number of amides is 1. The number of halogens is 3. The molecule has 1 saturated carbocycles. The van der Waals surface area contributed by atoms with Crippen molar-refractivity contribution in [1.82, 2.24) is 9.80 Å². The number of fused-ring (bicyclic) bond motifs is 3. The van der Waals surface area contributed by atoms with Gasteiger partial charge in [-0.1, -0.05) is 6.92 Å². The number of hydrogen-bond acceptors (Lipinski definition) is 9. The van der Waals surface area contributed by atoms with E-state index < -0.39 is 98.7 Å². The molecule has 0 spiro atoms. The molecule has 4 rings (SSSR count). The van der Waals surface area contributed by atoms with Crippen LogP contribution >= 0.6 is 0 Å². The van der Waals surface area contributed by atoms with Gasteiger partial charge in [-0.05, 0) is 63.6 Å². The van der Waals surface area contributed by atoms with Crippen LogP contribution in [0.1, 0.15) is 35.6 Å². The number of aliphatic hydroxyl groups excluding tert-OH is 2. The van der Waals surface area contributed by atoms with Crippen molar-refractivity contribution < 1.29 is 48.0 Å². The molecular weight excluding hydrogens is 523 g/mol. The first kappa shape index (κ1) is 28.6. The molecule has 0 aliphatic heterocycles. The van der Waals surface area contributed by atoms with Crippen molar-refractivity contribution in [3.63, 3.8) is 0 Å². The smallest absolute Gasteiger partial charge is 0.417 e. The van der Waals surface area contributed by atoms with E-state index in [2.05, 4.69) is 0 Å². The Labute approximate surface area is 221 Å². The average molecular weight is 554 g/mol. The van der Waals surface area contributed by atoms with Crippen molar-refractivity contribution in [1.29, 1.82) is 0 Å². The number of ketones is 2. The van der Waals surface area contributed by atoms with Gasteiger partial charge in [-0.3, -0.25) is 19.3 Å². The zero-order chi connectivity index (χ0) is 29.4. The summed E-state index contributed by atoms with van der Waals surface area (Å²) in [7, 11) is 4.47. The molecule has 212 valence electrons. The molecule has 0 heterocycles. The molecule has 0 saturated heterocycles. The highest BCUT2D eigenvalue weighted by Crippen LogP contribution is 2.54. The maximum atomic E-state index is 14.4. The number of nitrogens with two attached hydrogens (primary N) is 1. The van der Waals surface area contributed by atoms with E-state index in [1.165, 1.54) is 19.0 Å². The maximum absolute atomic E-state index is 14.4. The van der Waals surface area contributed by atoms with Crippen molar-refractivity contribution in [2.45, 2.75) is 44.1 Å². The van der Waals surface area contributed by atoms with Crippen LogP contribution in [0, 0.1) is 11.8 Å². The van der Waals surface area contributed by atoms with E-state index in [4.69, 9.17) is 5.73 Å². The second kappa shape index (κ2) is 9.35. The van der Waals surface area contributed by atoms with Gasteiger partial charge in [-0.25, -0.2) is 0 Å². The summed E-state index contributed by atoms with van der Waals surface area (Å²) in [5.41, 5.74) is -1.34. The number of phenols is 1. The quantitative estimate of drug-likeness (QED) is 0.339. The zero-order valence-electron chi connectivity index (χ0n) is 21.8. The molecule has 0 bridgehead atoms. The maximum Gasteiger partial charge on any atom is 0.417 e. The Bertz CT molecular complexity index is 1350. The predicted molar refractivity (Wildman–Crippen MR) is 131 cm³/mol. The number of aromatic hydroxyl groups is 1. The van der Waals surface area contributed by atoms with E-state index in [1.54, 1.807) is 18.9 Å². The predicted octanol–water partition coefficient (Wildman–Crippen LogP) is 1.43. The van der Waals surface area contributed by atoms with E-state index in [1.807, 2.05) is 0 Å². The number of hydrogen-bond donors (Lipinski definition) is 5. The molecular formula is C26H30F3N3O7. The van der Waals surface area contributed by atoms with E-state index >= 15 is 0 Å². The molecule has 6 N–H and O–H groups in total. The number of phenolic OH excluding ortho intramolecular Hbond substituents is 1. The van der Waals surface area contributed by atoms with Gasteiger partial charge >= 0.3 is 6.18 Å². The second-order valence-corrected chi connectivity index (χ2v) is 10.6. The molecule has 1 aromatic rings. The normalized spacial score (nSPS) is 27.2. The van der Waals surface area contributed by atoms with Gasteiger partial charge in [0.15, 0.2) is 11.4 Å². The first-order chi connectivity index (χ1) is 18.0. The lowest BCUT2D eigenvalue weighted by molar-refractivity contribution is -0.153. The molecule has 1 amide bonds. The van der Waals surface area contributed by atoms with Gasteiger partial charge in [0.05, 0.1) is 17.2 Å². The van der Waals surface area contributed by atoms with Crippen molar-refractivity contribution >= 4 is 23.2 Å². The lowest BCUT2D eigenvalue weighted by atomic mass is 9.57. The van der Waals surface area contributed by atoms with Crippen LogP contribution in [0.5, 0.6) is 5.75 Å². The highest BCUT2D eigenvalue weighted by molar-refractivity contribution is 6.24. The largest absolute Gasteiger partial charge is 0.508 e. The van der Waals surface area contributed by atoms with Crippen molar-refractivity contribution in [3.8, 4) is 5.75 Å². The molecule has 3 aliphatic carbocycles. The topological polar surface area (TPSA) is 165 Å². The Morgan fingerprint density at radius 1 is 1.18 bits per heavy atom. The standard InChI is InChI=1S/C26H30F3N3O7/c1-5-32(4)9-11-8-14(33)16-12(18(11)26(27,28)29)6-10-7-13-19(31(2)3)21(35)17(24(30)38)23(37)25(13,39)22(36)15(10)20(16)34/h8,10,13,19,33-34,37,39H,5-7,9H2,1-4H3,(H2,30,38)/t10-,13-,19-,25-/m0/s1. The molecule has 13 heteroatoms. The van der Waals surface area contributed by atoms with Gasteiger partial charge in [0.25, 0.3) is 5.91 Å². The Kier molecular flexibility index (Phi) is 6.85.